The third-order valence-electron chi connectivity index (χ3n) is 5.56. The molecule has 0 bridgehead atoms. The van der Waals surface area contributed by atoms with E-state index >= 15 is 0 Å². The summed E-state index contributed by atoms with van der Waals surface area (Å²) in [5, 5.41) is 5.55. The molecule has 160 valence electrons. The molecule has 3 aliphatic rings. The van der Waals surface area contributed by atoms with Gasteiger partial charge < -0.3 is 20.3 Å². The number of carbonyl (C=O) groups is 2. The first-order valence-corrected chi connectivity index (χ1v) is 10.3. The molecule has 1 aromatic carbocycles. The molecule has 1 saturated heterocycles. The number of anilines is 1. The molecular weight excluding hydrogens is 384 g/mol. The van der Waals surface area contributed by atoms with Gasteiger partial charge in [0.25, 0.3) is 11.8 Å². The lowest BCUT2D eigenvalue weighted by Gasteiger charge is -2.38. The molecule has 3 aliphatic heterocycles. The Morgan fingerprint density at radius 1 is 1.20 bits per heavy atom. The van der Waals surface area contributed by atoms with Gasteiger partial charge in [0.1, 0.15) is 17.3 Å². The summed E-state index contributed by atoms with van der Waals surface area (Å²) in [6.07, 6.45) is 3.95. The lowest BCUT2D eigenvalue weighted by molar-refractivity contribution is -0.123. The number of nitrogens with one attached hydrogen (secondary N) is 4. The van der Waals surface area contributed by atoms with Crippen molar-refractivity contribution in [1.82, 2.24) is 26.0 Å². The molecule has 0 spiro atoms. The Hall–Kier alpha value is -3.20. The molecule has 1 fully saturated rings. The highest BCUT2D eigenvalue weighted by atomic mass is 16.5. The van der Waals surface area contributed by atoms with Crippen LogP contribution in [0.2, 0.25) is 0 Å². The summed E-state index contributed by atoms with van der Waals surface area (Å²) < 4.78 is 5.77. The van der Waals surface area contributed by atoms with Crippen molar-refractivity contribution in [3.63, 3.8) is 0 Å². The van der Waals surface area contributed by atoms with Crippen molar-refractivity contribution in [3.8, 4) is 5.75 Å². The van der Waals surface area contributed by atoms with Gasteiger partial charge in [-0.1, -0.05) is 13.0 Å². The van der Waals surface area contributed by atoms with E-state index in [2.05, 4.69) is 37.4 Å². The van der Waals surface area contributed by atoms with E-state index in [1.165, 1.54) is 0 Å². The van der Waals surface area contributed by atoms with Gasteiger partial charge in [0.2, 0.25) is 0 Å². The highest BCUT2D eigenvalue weighted by molar-refractivity contribution is 5.97. The predicted octanol–water partition coefficient (Wildman–Crippen LogP) is 0.493. The molecule has 1 unspecified atom stereocenters. The van der Waals surface area contributed by atoms with Crippen molar-refractivity contribution in [2.45, 2.75) is 26.0 Å². The van der Waals surface area contributed by atoms with Crippen molar-refractivity contribution in [2.75, 3.05) is 38.5 Å². The lowest BCUT2D eigenvalue weighted by Crippen LogP contribution is -2.51. The first-order chi connectivity index (χ1) is 14.6. The Kier molecular flexibility index (Phi) is 5.80. The van der Waals surface area contributed by atoms with Crippen LogP contribution in [0.4, 0.5) is 5.69 Å². The quantitative estimate of drug-likeness (QED) is 0.559. The van der Waals surface area contributed by atoms with Gasteiger partial charge in [0.15, 0.2) is 6.10 Å². The molecule has 4 rings (SSSR count). The molecule has 1 atom stereocenters. The molecule has 4 N–H and O–H groups in total. The van der Waals surface area contributed by atoms with E-state index in [4.69, 9.17) is 4.74 Å². The molecule has 3 heterocycles. The van der Waals surface area contributed by atoms with E-state index in [9.17, 15) is 9.59 Å². The number of nitrogens with zero attached hydrogens (tertiary/aromatic N) is 2. The lowest BCUT2D eigenvalue weighted by atomic mass is 10.1. The first kappa shape index (κ1) is 20.1. The van der Waals surface area contributed by atoms with Crippen LogP contribution in [0.15, 0.2) is 41.9 Å². The molecule has 2 amide bonds. The fourth-order valence-electron chi connectivity index (χ4n) is 3.80. The van der Waals surface area contributed by atoms with Crippen LogP contribution in [-0.2, 0) is 16.1 Å². The average Bonchev–Trinajstić information content (AvgIpc) is 2.78. The van der Waals surface area contributed by atoms with Gasteiger partial charge in [0.05, 0.1) is 5.69 Å². The highest BCUT2D eigenvalue weighted by Gasteiger charge is 2.26. The van der Waals surface area contributed by atoms with Crippen LogP contribution in [0.5, 0.6) is 5.75 Å². The zero-order valence-electron chi connectivity index (χ0n) is 17.3. The fraction of sp³-hybridized carbons (Fsp3) is 0.429. The monoisotopic (exact) mass is 412 g/mol. The van der Waals surface area contributed by atoms with E-state index in [1.54, 1.807) is 13.1 Å². The minimum Gasteiger partial charge on any atom is -0.478 e. The zero-order valence-corrected chi connectivity index (χ0v) is 17.3. The smallest absolute Gasteiger partial charge is 0.268 e. The number of carbonyl (C=O) groups excluding carboxylic acids is 2. The van der Waals surface area contributed by atoms with Gasteiger partial charge in [-0.15, -0.1) is 0 Å². The average molecular weight is 412 g/mol. The van der Waals surface area contributed by atoms with Crippen molar-refractivity contribution >= 4 is 17.5 Å². The van der Waals surface area contributed by atoms with Crippen LogP contribution in [0.3, 0.4) is 0 Å². The number of piperazine rings is 1. The Morgan fingerprint density at radius 3 is 2.67 bits per heavy atom. The van der Waals surface area contributed by atoms with Gasteiger partial charge >= 0.3 is 0 Å². The fourth-order valence-corrected chi connectivity index (χ4v) is 3.80. The van der Waals surface area contributed by atoms with Crippen LogP contribution in [0, 0.1) is 0 Å². The summed E-state index contributed by atoms with van der Waals surface area (Å²) in [6, 6.07) is 6.02. The van der Waals surface area contributed by atoms with Gasteiger partial charge in [-0.05, 0) is 36.3 Å². The molecule has 0 aliphatic carbocycles. The van der Waals surface area contributed by atoms with Gasteiger partial charge in [-0.3, -0.25) is 25.3 Å². The second-order valence-electron chi connectivity index (χ2n) is 7.56. The molecule has 0 saturated carbocycles. The Morgan fingerprint density at radius 2 is 2.00 bits per heavy atom. The molecule has 9 heteroatoms. The van der Waals surface area contributed by atoms with E-state index in [0.29, 0.717) is 12.1 Å². The third kappa shape index (κ3) is 4.20. The number of ether oxygens (including phenoxy) is 1. The molecular formula is C21H28N6O3. The molecule has 1 aromatic rings. The van der Waals surface area contributed by atoms with Gasteiger partial charge in [0, 0.05) is 39.8 Å². The molecule has 0 radical (unpaired) electrons. The van der Waals surface area contributed by atoms with Crippen LogP contribution < -0.4 is 26.2 Å². The summed E-state index contributed by atoms with van der Waals surface area (Å²) in [5.74, 6) is 1.47. The van der Waals surface area contributed by atoms with Crippen molar-refractivity contribution in [2.24, 2.45) is 0 Å². The van der Waals surface area contributed by atoms with Gasteiger partial charge in [-0.25, -0.2) is 0 Å². The van der Waals surface area contributed by atoms with E-state index in [-0.39, 0.29) is 11.8 Å². The minimum absolute atomic E-state index is 0.0775. The standard InChI is InChI=1S/C21H28N6O3/c1-3-17-21(29)23-16-12-14(4-6-18(16)30-17)13-26-8-10-27(11-9-26)19-7-5-15(24-25-19)20(28)22-2/h4-7,12,17,24-25H,3,8-11,13H2,1-2H3,(H,22,28)(H,23,29). The van der Waals surface area contributed by atoms with Crippen molar-refractivity contribution in [1.29, 1.82) is 0 Å². The third-order valence-corrected chi connectivity index (χ3v) is 5.56. The summed E-state index contributed by atoms with van der Waals surface area (Å²) in [6.45, 7) is 6.36. The maximum atomic E-state index is 12.1. The number of amides is 2. The number of likely N-dealkylation sites (N-methyl/N-ethyl adjacent to an activating group) is 1. The zero-order chi connectivity index (χ0) is 21.1. The maximum Gasteiger partial charge on any atom is 0.268 e. The summed E-state index contributed by atoms with van der Waals surface area (Å²) in [4.78, 5) is 28.3. The number of hydrazine groups is 1. The molecule has 0 aromatic heterocycles. The van der Waals surface area contributed by atoms with Crippen molar-refractivity contribution in [3.05, 3.63) is 47.4 Å². The normalized spacial score (nSPS) is 21.2. The summed E-state index contributed by atoms with van der Waals surface area (Å²) >= 11 is 0. The Bertz CT molecular complexity index is 889. The number of allylic oxidation sites excluding steroid dienone is 2. The number of hydrogen-bond acceptors (Lipinski definition) is 7. The summed E-state index contributed by atoms with van der Waals surface area (Å²) in [5.41, 5.74) is 8.43. The first-order valence-electron chi connectivity index (χ1n) is 10.3. The topological polar surface area (TPSA) is 98.0 Å². The SMILES string of the molecule is CCC1Oc2ccc(CN3CCN(C4=CC=C(C(=O)NC)NN4)CC3)cc2NC1=O. The molecule has 9 nitrogen and oxygen atoms in total. The second-order valence-corrected chi connectivity index (χ2v) is 7.56. The van der Waals surface area contributed by atoms with Crippen LogP contribution in [0.25, 0.3) is 0 Å². The maximum absolute atomic E-state index is 12.1. The molecule has 30 heavy (non-hydrogen) atoms. The van der Waals surface area contributed by atoms with Gasteiger partial charge in [-0.2, -0.15) is 0 Å². The van der Waals surface area contributed by atoms with Crippen molar-refractivity contribution < 1.29 is 14.3 Å². The van der Waals surface area contributed by atoms with Crippen LogP contribution in [0.1, 0.15) is 18.9 Å². The number of fused-ring (bicyclic) bond motifs is 1. The number of hydrogen-bond donors (Lipinski definition) is 4. The minimum atomic E-state index is -0.407. The predicted molar refractivity (Wildman–Crippen MR) is 113 cm³/mol. The van der Waals surface area contributed by atoms with E-state index < -0.39 is 6.10 Å². The summed E-state index contributed by atoms with van der Waals surface area (Å²) in [7, 11) is 1.61. The van der Waals surface area contributed by atoms with E-state index in [1.807, 2.05) is 25.1 Å². The van der Waals surface area contributed by atoms with E-state index in [0.717, 1.165) is 55.5 Å². The second kappa shape index (κ2) is 8.66. The number of rotatable bonds is 5. The van der Waals surface area contributed by atoms with Crippen LogP contribution >= 0.6 is 0 Å². The largest absolute Gasteiger partial charge is 0.478 e. The Balaban J connectivity index is 1.32. The highest BCUT2D eigenvalue weighted by Crippen LogP contribution is 2.31. The van der Waals surface area contributed by atoms with Crippen LogP contribution in [-0.4, -0.2) is 60.9 Å². The number of benzene rings is 1. The Labute approximate surface area is 176 Å².